The molecular formula is C13H20N2S. The standard InChI is InChI=1S/C13H20N2S/c1-13(2,3)11-8-16-12(15-11)7-9-4-5-10(14)6-9/h6,8,10H,4-5,7,14H2,1-3H3. The Labute approximate surface area is 102 Å². The molecule has 0 saturated carbocycles. The molecule has 1 aliphatic carbocycles. The summed E-state index contributed by atoms with van der Waals surface area (Å²) >= 11 is 1.77. The summed E-state index contributed by atoms with van der Waals surface area (Å²) in [7, 11) is 0. The molecule has 1 aromatic heterocycles. The van der Waals surface area contributed by atoms with E-state index in [1.807, 2.05) is 0 Å². The van der Waals surface area contributed by atoms with E-state index in [-0.39, 0.29) is 11.5 Å². The van der Waals surface area contributed by atoms with E-state index in [9.17, 15) is 0 Å². The molecule has 0 radical (unpaired) electrons. The van der Waals surface area contributed by atoms with Gasteiger partial charge in [0.05, 0.1) is 10.7 Å². The molecule has 2 nitrogen and oxygen atoms in total. The van der Waals surface area contributed by atoms with E-state index in [1.54, 1.807) is 11.3 Å². The van der Waals surface area contributed by atoms with Crippen LogP contribution in [0.3, 0.4) is 0 Å². The number of hydrogen-bond acceptors (Lipinski definition) is 3. The largest absolute Gasteiger partial charge is 0.324 e. The molecule has 1 heterocycles. The fraction of sp³-hybridized carbons (Fsp3) is 0.615. The Morgan fingerprint density at radius 3 is 2.75 bits per heavy atom. The molecule has 3 heteroatoms. The molecule has 0 aliphatic heterocycles. The third-order valence-corrected chi connectivity index (χ3v) is 3.80. The van der Waals surface area contributed by atoms with Gasteiger partial charge in [-0.05, 0) is 12.8 Å². The van der Waals surface area contributed by atoms with Gasteiger partial charge in [0.2, 0.25) is 0 Å². The zero-order valence-electron chi connectivity index (χ0n) is 10.3. The van der Waals surface area contributed by atoms with Crippen molar-refractivity contribution in [2.45, 2.75) is 51.5 Å². The SMILES string of the molecule is CC(C)(C)c1csc(CC2=CC(N)CC2)n1. The highest BCUT2D eigenvalue weighted by Crippen LogP contribution is 2.27. The summed E-state index contributed by atoms with van der Waals surface area (Å²) in [6.45, 7) is 6.61. The quantitative estimate of drug-likeness (QED) is 0.802. The van der Waals surface area contributed by atoms with Gasteiger partial charge in [-0.25, -0.2) is 4.98 Å². The van der Waals surface area contributed by atoms with Gasteiger partial charge in [0.1, 0.15) is 0 Å². The fourth-order valence-electron chi connectivity index (χ4n) is 1.90. The van der Waals surface area contributed by atoms with Crippen molar-refractivity contribution in [1.29, 1.82) is 0 Å². The van der Waals surface area contributed by atoms with Crippen molar-refractivity contribution in [3.8, 4) is 0 Å². The first-order valence-corrected chi connectivity index (χ1v) is 6.73. The molecule has 2 rings (SSSR count). The van der Waals surface area contributed by atoms with Crippen molar-refractivity contribution in [2.75, 3.05) is 0 Å². The summed E-state index contributed by atoms with van der Waals surface area (Å²) < 4.78 is 0. The molecular weight excluding hydrogens is 216 g/mol. The van der Waals surface area contributed by atoms with Crippen molar-refractivity contribution in [2.24, 2.45) is 5.73 Å². The Morgan fingerprint density at radius 1 is 1.50 bits per heavy atom. The first-order valence-electron chi connectivity index (χ1n) is 5.85. The second-order valence-corrected chi connectivity index (χ2v) is 6.52. The molecule has 1 aromatic rings. The van der Waals surface area contributed by atoms with Crippen molar-refractivity contribution >= 4 is 11.3 Å². The van der Waals surface area contributed by atoms with Gasteiger partial charge in [-0.15, -0.1) is 11.3 Å². The summed E-state index contributed by atoms with van der Waals surface area (Å²) in [6.07, 6.45) is 5.45. The maximum atomic E-state index is 5.86. The first-order chi connectivity index (χ1) is 7.45. The smallest absolute Gasteiger partial charge is 0.0969 e. The normalized spacial score (nSPS) is 21.2. The summed E-state index contributed by atoms with van der Waals surface area (Å²) in [6, 6.07) is 0.275. The lowest BCUT2D eigenvalue weighted by atomic mass is 9.93. The molecule has 1 aliphatic rings. The number of hydrogen-bond donors (Lipinski definition) is 1. The number of rotatable bonds is 2. The van der Waals surface area contributed by atoms with Crippen LogP contribution in [0.25, 0.3) is 0 Å². The molecule has 0 aromatic carbocycles. The van der Waals surface area contributed by atoms with E-state index < -0.39 is 0 Å². The molecule has 0 amide bonds. The lowest BCUT2D eigenvalue weighted by molar-refractivity contribution is 0.571. The molecule has 1 unspecified atom stereocenters. The highest BCUT2D eigenvalue weighted by atomic mass is 32.1. The average molecular weight is 236 g/mol. The maximum Gasteiger partial charge on any atom is 0.0969 e. The number of allylic oxidation sites excluding steroid dienone is 1. The van der Waals surface area contributed by atoms with Crippen LogP contribution in [-0.2, 0) is 11.8 Å². The summed E-state index contributed by atoms with van der Waals surface area (Å²) in [4.78, 5) is 4.71. The number of aromatic nitrogens is 1. The molecule has 2 N–H and O–H groups in total. The van der Waals surface area contributed by atoms with Crippen LogP contribution in [0.5, 0.6) is 0 Å². The lowest BCUT2D eigenvalue weighted by Gasteiger charge is -2.14. The van der Waals surface area contributed by atoms with Crippen LogP contribution >= 0.6 is 11.3 Å². The molecule has 0 bridgehead atoms. The third kappa shape index (κ3) is 2.71. The van der Waals surface area contributed by atoms with Crippen molar-refractivity contribution in [1.82, 2.24) is 4.98 Å². The average Bonchev–Trinajstić information content (AvgIpc) is 2.74. The minimum absolute atomic E-state index is 0.162. The molecule has 1 atom stereocenters. The van der Waals surface area contributed by atoms with Gasteiger partial charge in [-0.3, -0.25) is 0 Å². The first kappa shape index (κ1) is 11.8. The Bertz CT molecular complexity index is 398. The third-order valence-electron chi connectivity index (χ3n) is 2.95. The highest BCUT2D eigenvalue weighted by molar-refractivity contribution is 7.09. The van der Waals surface area contributed by atoms with E-state index in [2.05, 4.69) is 32.2 Å². The van der Waals surface area contributed by atoms with E-state index in [0.717, 1.165) is 19.3 Å². The highest BCUT2D eigenvalue weighted by Gasteiger charge is 2.18. The fourth-order valence-corrected chi connectivity index (χ4v) is 2.97. The van der Waals surface area contributed by atoms with Gasteiger partial charge in [-0.1, -0.05) is 32.4 Å². The van der Waals surface area contributed by atoms with Crippen LogP contribution in [0, 0.1) is 0 Å². The Hall–Kier alpha value is -0.670. The Morgan fingerprint density at radius 2 is 2.25 bits per heavy atom. The zero-order chi connectivity index (χ0) is 11.8. The van der Waals surface area contributed by atoms with E-state index in [0.29, 0.717) is 0 Å². The van der Waals surface area contributed by atoms with E-state index in [1.165, 1.54) is 16.3 Å². The topological polar surface area (TPSA) is 38.9 Å². The summed E-state index contributed by atoms with van der Waals surface area (Å²) in [5.74, 6) is 0. The van der Waals surface area contributed by atoms with Gasteiger partial charge in [0, 0.05) is 23.3 Å². The van der Waals surface area contributed by atoms with Crippen molar-refractivity contribution in [3.05, 3.63) is 27.7 Å². The Kier molecular flexibility index (Phi) is 3.17. The predicted molar refractivity (Wildman–Crippen MR) is 69.8 cm³/mol. The summed E-state index contributed by atoms with van der Waals surface area (Å²) in [5.41, 5.74) is 8.69. The minimum Gasteiger partial charge on any atom is -0.324 e. The van der Waals surface area contributed by atoms with Gasteiger partial charge in [0.25, 0.3) is 0 Å². The molecule has 88 valence electrons. The second-order valence-electron chi connectivity index (χ2n) is 5.58. The molecule has 0 spiro atoms. The lowest BCUT2D eigenvalue weighted by Crippen LogP contribution is -2.12. The second kappa shape index (κ2) is 4.30. The van der Waals surface area contributed by atoms with Crippen molar-refractivity contribution in [3.63, 3.8) is 0 Å². The van der Waals surface area contributed by atoms with Gasteiger partial charge in [-0.2, -0.15) is 0 Å². The van der Waals surface area contributed by atoms with Crippen LogP contribution in [0.1, 0.15) is 44.3 Å². The van der Waals surface area contributed by atoms with Crippen LogP contribution in [0.2, 0.25) is 0 Å². The van der Waals surface area contributed by atoms with Gasteiger partial charge >= 0.3 is 0 Å². The van der Waals surface area contributed by atoms with E-state index >= 15 is 0 Å². The van der Waals surface area contributed by atoms with Crippen LogP contribution in [0.4, 0.5) is 0 Å². The molecule has 0 fully saturated rings. The van der Waals surface area contributed by atoms with Gasteiger partial charge in [0.15, 0.2) is 0 Å². The number of nitrogens with two attached hydrogens (primary N) is 1. The Balaban J connectivity index is 2.06. The predicted octanol–water partition coefficient (Wildman–Crippen LogP) is 3.03. The van der Waals surface area contributed by atoms with Crippen LogP contribution in [-0.4, -0.2) is 11.0 Å². The zero-order valence-corrected chi connectivity index (χ0v) is 11.1. The number of nitrogens with zero attached hydrogens (tertiary/aromatic N) is 1. The monoisotopic (exact) mass is 236 g/mol. The van der Waals surface area contributed by atoms with Crippen LogP contribution in [0.15, 0.2) is 17.0 Å². The minimum atomic E-state index is 0.162. The van der Waals surface area contributed by atoms with E-state index in [4.69, 9.17) is 10.7 Å². The van der Waals surface area contributed by atoms with Crippen molar-refractivity contribution < 1.29 is 0 Å². The van der Waals surface area contributed by atoms with Crippen LogP contribution < -0.4 is 5.73 Å². The van der Waals surface area contributed by atoms with Gasteiger partial charge < -0.3 is 5.73 Å². The molecule has 0 saturated heterocycles. The maximum absolute atomic E-state index is 5.86. The molecule has 16 heavy (non-hydrogen) atoms. The summed E-state index contributed by atoms with van der Waals surface area (Å²) in [5, 5.41) is 3.41. The number of thiazole rings is 1.